The van der Waals surface area contributed by atoms with E-state index in [2.05, 4.69) is 11.9 Å². The molecule has 0 aliphatic carbocycles. The summed E-state index contributed by atoms with van der Waals surface area (Å²) in [7, 11) is 0. The van der Waals surface area contributed by atoms with Gasteiger partial charge in [0.15, 0.2) is 11.6 Å². The van der Waals surface area contributed by atoms with E-state index < -0.39 is 35.1 Å². The van der Waals surface area contributed by atoms with E-state index in [1.165, 1.54) is 6.07 Å². The maximum atomic E-state index is 13.4. The molecule has 3 N–H and O–H groups in total. The molecule has 0 saturated heterocycles. The van der Waals surface area contributed by atoms with Gasteiger partial charge in [-0.2, -0.15) is 0 Å². The molecule has 0 heterocycles. The second-order valence-corrected chi connectivity index (χ2v) is 4.25. The Morgan fingerprint density at radius 2 is 2.10 bits per heavy atom. The third kappa shape index (κ3) is 4.15. The Morgan fingerprint density at radius 3 is 2.70 bits per heavy atom. The molecule has 4 nitrogen and oxygen atoms in total. The number of unbranched alkanes of at least 4 members (excludes halogenated alkanes) is 1. The average molecular weight is 282 g/mol. The first-order valence-corrected chi connectivity index (χ1v) is 6.12. The number of allylic oxidation sites excluding steroid dienone is 1. The Labute approximate surface area is 115 Å². The van der Waals surface area contributed by atoms with E-state index in [1.807, 2.05) is 0 Å². The highest BCUT2D eigenvalue weighted by molar-refractivity contribution is 5.97. The number of halogens is 2. The van der Waals surface area contributed by atoms with Crippen LogP contribution in [-0.2, 0) is 4.79 Å². The van der Waals surface area contributed by atoms with Gasteiger partial charge in [-0.3, -0.25) is 9.59 Å². The summed E-state index contributed by atoms with van der Waals surface area (Å²) < 4.78 is 26.5. The zero-order valence-electron chi connectivity index (χ0n) is 10.9. The van der Waals surface area contributed by atoms with E-state index in [0.717, 1.165) is 12.1 Å². The van der Waals surface area contributed by atoms with Crippen molar-refractivity contribution in [2.75, 3.05) is 0 Å². The van der Waals surface area contributed by atoms with Crippen LogP contribution in [0.1, 0.15) is 29.6 Å². The normalized spacial score (nSPS) is 11.7. The van der Waals surface area contributed by atoms with Crippen molar-refractivity contribution in [1.82, 2.24) is 5.32 Å². The average Bonchev–Trinajstić information content (AvgIpc) is 2.40. The number of hydrogen-bond donors (Lipinski definition) is 2. The van der Waals surface area contributed by atoms with Crippen LogP contribution < -0.4 is 11.1 Å². The van der Waals surface area contributed by atoms with E-state index in [0.29, 0.717) is 19.3 Å². The van der Waals surface area contributed by atoms with Gasteiger partial charge in [0, 0.05) is 0 Å². The molecule has 0 aliphatic rings. The van der Waals surface area contributed by atoms with Crippen LogP contribution in [0.15, 0.2) is 30.9 Å². The number of rotatable bonds is 7. The molecule has 0 fully saturated rings. The molecule has 0 bridgehead atoms. The first-order valence-electron chi connectivity index (χ1n) is 6.12. The standard InChI is InChI=1S/C14H16F2N2O2/c1-2-3-4-8-11(13(17)19)18-14(20)9-6-5-7-10(15)12(9)16/h2,5-7,11H,1,3-4,8H2,(H2,17,19)(H,18,20)/t11-/m1/s1. The summed E-state index contributed by atoms with van der Waals surface area (Å²) in [5.41, 5.74) is 4.71. The van der Waals surface area contributed by atoms with Crippen LogP contribution in [0.3, 0.4) is 0 Å². The monoisotopic (exact) mass is 282 g/mol. The molecule has 0 aromatic heterocycles. The second kappa shape index (κ2) is 7.37. The van der Waals surface area contributed by atoms with E-state index in [4.69, 9.17) is 5.73 Å². The van der Waals surface area contributed by atoms with Gasteiger partial charge in [0.2, 0.25) is 5.91 Å². The summed E-state index contributed by atoms with van der Waals surface area (Å²) in [6.45, 7) is 3.54. The third-order valence-corrected chi connectivity index (χ3v) is 2.75. The molecule has 0 unspecified atom stereocenters. The maximum Gasteiger partial charge on any atom is 0.255 e. The summed E-state index contributed by atoms with van der Waals surface area (Å²) in [5, 5.41) is 2.31. The van der Waals surface area contributed by atoms with E-state index in [-0.39, 0.29) is 0 Å². The SMILES string of the molecule is C=CCCC[C@@H](NC(=O)c1cccc(F)c1F)C(N)=O. The van der Waals surface area contributed by atoms with Crippen molar-refractivity contribution in [2.45, 2.75) is 25.3 Å². The Kier molecular flexibility index (Phi) is 5.83. The number of benzene rings is 1. The Bertz CT molecular complexity index is 518. The minimum absolute atomic E-state index is 0.310. The molecule has 20 heavy (non-hydrogen) atoms. The number of nitrogens with one attached hydrogen (secondary N) is 1. The molecule has 6 heteroatoms. The lowest BCUT2D eigenvalue weighted by Crippen LogP contribution is -2.44. The predicted octanol–water partition coefficient (Wildman–Crippen LogP) is 1.90. The lowest BCUT2D eigenvalue weighted by molar-refractivity contribution is -0.120. The zero-order chi connectivity index (χ0) is 15.1. The molecule has 0 spiro atoms. The number of nitrogens with two attached hydrogens (primary N) is 1. The van der Waals surface area contributed by atoms with Crippen LogP contribution in [0, 0.1) is 11.6 Å². The molecule has 0 saturated carbocycles. The first kappa shape index (κ1) is 15.8. The van der Waals surface area contributed by atoms with Crippen molar-refractivity contribution in [3.8, 4) is 0 Å². The molecule has 1 aromatic rings. The minimum Gasteiger partial charge on any atom is -0.368 e. The lowest BCUT2D eigenvalue weighted by Gasteiger charge is -2.15. The fraction of sp³-hybridized carbons (Fsp3) is 0.286. The van der Waals surface area contributed by atoms with E-state index in [9.17, 15) is 18.4 Å². The fourth-order valence-electron chi connectivity index (χ4n) is 1.67. The van der Waals surface area contributed by atoms with Crippen LogP contribution in [0.5, 0.6) is 0 Å². The number of amides is 2. The van der Waals surface area contributed by atoms with Crippen molar-refractivity contribution in [3.63, 3.8) is 0 Å². The van der Waals surface area contributed by atoms with Crippen molar-refractivity contribution in [2.24, 2.45) is 5.73 Å². The number of hydrogen-bond acceptors (Lipinski definition) is 2. The van der Waals surface area contributed by atoms with Crippen LogP contribution in [0.2, 0.25) is 0 Å². The molecule has 1 rings (SSSR count). The maximum absolute atomic E-state index is 13.4. The van der Waals surface area contributed by atoms with Crippen LogP contribution in [-0.4, -0.2) is 17.9 Å². The largest absolute Gasteiger partial charge is 0.368 e. The smallest absolute Gasteiger partial charge is 0.255 e. The van der Waals surface area contributed by atoms with Crippen molar-refractivity contribution in [1.29, 1.82) is 0 Å². The van der Waals surface area contributed by atoms with Gasteiger partial charge >= 0.3 is 0 Å². The Morgan fingerprint density at radius 1 is 1.40 bits per heavy atom. The van der Waals surface area contributed by atoms with Crippen molar-refractivity contribution >= 4 is 11.8 Å². The molecule has 108 valence electrons. The molecular weight excluding hydrogens is 266 g/mol. The zero-order valence-corrected chi connectivity index (χ0v) is 10.9. The summed E-state index contributed by atoms with van der Waals surface area (Å²) in [6.07, 6.45) is 3.24. The Hall–Kier alpha value is -2.24. The highest BCUT2D eigenvalue weighted by Gasteiger charge is 2.21. The quantitative estimate of drug-likeness (QED) is 0.592. The van der Waals surface area contributed by atoms with Gasteiger partial charge in [-0.25, -0.2) is 8.78 Å². The lowest BCUT2D eigenvalue weighted by atomic mass is 10.1. The van der Waals surface area contributed by atoms with Crippen LogP contribution >= 0.6 is 0 Å². The third-order valence-electron chi connectivity index (χ3n) is 2.75. The molecule has 2 amide bonds. The predicted molar refractivity (Wildman–Crippen MR) is 70.9 cm³/mol. The van der Waals surface area contributed by atoms with Gasteiger partial charge in [0.1, 0.15) is 6.04 Å². The number of carbonyl (C=O) groups is 2. The van der Waals surface area contributed by atoms with Gasteiger partial charge < -0.3 is 11.1 Å². The van der Waals surface area contributed by atoms with E-state index >= 15 is 0 Å². The summed E-state index contributed by atoms with van der Waals surface area (Å²) in [5.74, 6) is -3.97. The van der Waals surface area contributed by atoms with Gasteiger partial charge in [-0.1, -0.05) is 12.1 Å². The highest BCUT2D eigenvalue weighted by atomic mass is 19.2. The second-order valence-electron chi connectivity index (χ2n) is 4.25. The highest BCUT2D eigenvalue weighted by Crippen LogP contribution is 2.12. The minimum atomic E-state index is -1.25. The van der Waals surface area contributed by atoms with Gasteiger partial charge in [-0.15, -0.1) is 6.58 Å². The first-order chi connectivity index (χ1) is 9.47. The fourth-order valence-corrected chi connectivity index (χ4v) is 1.67. The summed E-state index contributed by atoms with van der Waals surface area (Å²) in [6, 6.07) is 2.33. The molecule has 0 aliphatic heterocycles. The molecule has 1 aromatic carbocycles. The van der Waals surface area contributed by atoms with Crippen LogP contribution in [0.25, 0.3) is 0 Å². The number of carbonyl (C=O) groups excluding carboxylic acids is 2. The van der Waals surface area contributed by atoms with Gasteiger partial charge in [0.05, 0.1) is 5.56 Å². The molecule has 0 radical (unpaired) electrons. The van der Waals surface area contributed by atoms with Crippen molar-refractivity contribution in [3.05, 3.63) is 48.1 Å². The topological polar surface area (TPSA) is 72.2 Å². The van der Waals surface area contributed by atoms with Crippen LogP contribution in [0.4, 0.5) is 8.78 Å². The molecule has 1 atom stereocenters. The van der Waals surface area contributed by atoms with Gasteiger partial charge in [-0.05, 0) is 31.4 Å². The number of primary amides is 1. The van der Waals surface area contributed by atoms with Crippen molar-refractivity contribution < 1.29 is 18.4 Å². The van der Waals surface area contributed by atoms with Gasteiger partial charge in [0.25, 0.3) is 5.91 Å². The Balaban J connectivity index is 2.77. The summed E-state index contributed by atoms with van der Waals surface area (Å²) in [4.78, 5) is 23.0. The molecular formula is C14H16F2N2O2. The summed E-state index contributed by atoms with van der Waals surface area (Å²) >= 11 is 0. The van der Waals surface area contributed by atoms with E-state index in [1.54, 1.807) is 6.08 Å².